The first kappa shape index (κ1) is 15.8. The first-order chi connectivity index (χ1) is 8.69. The van der Waals surface area contributed by atoms with E-state index in [0.717, 1.165) is 21.7 Å². The van der Waals surface area contributed by atoms with Gasteiger partial charge in [0.05, 0.1) is 5.71 Å². The molecule has 0 N–H and O–H groups in total. The smallest absolute Gasteiger partial charge is 0.0528 e. The molecule has 0 aliphatic heterocycles. The third-order valence-electron chi connectivity index (χ3n) is 2.42. The summed E-state index contributed by atoms with van der Waals surface area (Å²) in [5, 5.41) is 2.17. The van der Waals surface area contributed by atoms with Crippen molar-refractivity contribution in [2.24, 2.45) is 4.40 Å². The maximum absolute atomic E-state index is 4.60. The van der Waals surface area contributed by atoms with Gasteiger partial charge in [0.2, 0.25) is 0 Å². The number of benzene rings is 1. The molecule has 0 spiro atoms. The molecule has 1 aromatic rings. The molecule has 0 fully saturated rings. The van der Waals surface area contributed by atoms with E-state index in [0.29, 0.717) is 0 Å². The fourth-order valence-electron chi connectivity index (χ4n) is 1.48. The van der Waals surface area contributed by atoms with E-state index in [2.05, 4.69) is 57.0 Å². The van der Waals surface area contributed by atoms with Gasteiger partial charge in [0.1, 0.15) is 0 Å². The summed E-state index contributed by atoms with van der Waals surface area (Å²) < 4.78 is 4.75. The molecular weight excluding hydrogens is 252 g/mol. The maximum atomic E-state index is 4.60. The highest BCUT2D eigenvalue weighted by Crippen LogP contribution is 2.24. The van der Waals surface area contributed by atoms with Gasteiger partial charge in [-0.15, -0.1) is 0 Å². The first-order valence-electron chi connectivity index (χ1n) is 6.39. The normalized spacial score (nSPS) is 13.8. The predicted octanol–water partition coefficient (Wildman–Crippen LogP) is 2.65. The van der Waals surface area contributed by atoms with Crippen LogP contribution in [0.5, 0.6) is 0 Å². The van der Waals surface area contributed by atoms with Gasteiger partial charge in [-0.25, -0.2) is 4.40 Å². The molecule has 0 radical (unpaired) electrons. The molecule has 1 aromatic carbocycles. The molecule has 0 amide bonds. The van der Waals surface area contributed by atoms with Gasteiger partial charge in [-0.3, -0.25) is 0 Å². The van der Waals surface area contributed by atoms with Crippen molar-refractivity contribution in [3.05, 3.63) is 34.2 Å². The monoisotopic (exact) mass is 276 g/mol. The molecule has 19 heavy (non-hydrogen) atoms. The van der Waals surface area contributed by atoms with Crippen LogP contribution in [0.15, 0.2) is 22.6 Å². The molecule has 104 valence electrons. The van der Waals surface area contributed by atoms with Gasteiger partial charge in [0.25, 0.3) is 0 Å². The minimum Gasteiger partial charge on any atom is -0.383 e. The van der Waals surface area contributed by atoms with E-state index >= 15 is 0 Å². The van der Waals surface area contributed by atoms with Crippen molar-refractivity contribution in [2.75, 3.05) is 14.1 Å². The molecule has 0 aliphatic carbocycles. The molecular formula is C16H24N2S. The Hall–Kier alpha value is -1.22. The van der Waals surface area contributed by atoms with E-state index in [1.54, 1.807) is 11.9 Å². The van der Waals surface area contributed by atoms with Gasteiger partial charge < -0.3 is 4.90 Å². The van der Waals surface area contributed by atoms with Crippen LogP contribution < -0.4 is 10.4 Å². The lowest BCUT2D eigenvalue weighted by atomic mass is 10.1. The molecule has 0 saturated heterocycles. The molecule has 3 heteroatoms. The number of hydrogen-bond acceptors (Lipinski definition) is 3. The van der Waals surface area contributed by atoms with Gasteiger partial charge in [-0.1, -0.05) is 18.7 Å². The van der Waals surface area contributed by atoms with E-state index in [4.69, 9.17) is 0 Å². The summed E-state index contributed by atoms with van der Waals surface area (Å²) in [6.45, 7) is 12.6. The van der Waals surface area contributed by atoms with Crippen molar-refractivity contribution >= 4 is 30.4 Å². The van der Waals surface area contributed by atoms with Crippen LogP contribution in [-0.2, 0) is 0 Å². The summed E-state index contributed by atoms with van der Waals surface area (Å²) in [5.41, 5.74) is 2.20. The van der Waals surface area contributed by atoms with E-state index in [1.807, 2.05) is 25.1 Å². The first-order valence-corrected chi connectivity index (χ1v) is 7.17. The zero-order chi connectivity index (χ0) is 14.6. The Kier molecular flexibility index (Phi) is 5.24. The fraction of sp³-hybridized carbons (Fsp3) is 0.438. The van der Waals surface area contributed by atoms with Crippen molar-refractivity contribution in [1.82, 2.24) is 4.90 Å². The molecule has 0 atom stereocenters. The predicted molar refractivity (Wildman–Crippen MR) is 88.9 cm³/mol. The highest BCUT2D eigenvalue weighted by Gasteiger charge is 2.10. The Morgan fingerprint density at radius 3 is 2.47 bits per heavy atom. The molecule has 0 unspecified atom stereocenters. The van der Waals surface area contributed by atoms with E-state index in [-0.39, 0.29) is 4.75 Å². The van der Waals surface area contributed by atoms with Crippen LogP contribution in [0.1, 0.15) is 33.3 Å². The van der Waals surface area contributed by atoms with Crippen molar-refractivity contribution in [3.63, 3.8) is 0 Å². The van der Waals surface area contributed by atoms with Crippen LogP contribution in [0.4, 0.5) is 0 Å². The third-order valence-corrected chi connectivity index (χ3v) is 3.33. The third kappa shape index (κ3) is 5.52. The summed E-state index contributed by atoms with van der Waals surface area (Å²) in [5.74, 6) is 0. The Morgan fingerprint density at radius 1 is 1.32 bits per heavy atom. The standard InChI is InChI=1S/C16H24N2S/c1-12-8-9-14(10-15(12)11-18(6)7)13(2)17-19-16(3,4)5/h8-11H,1H2,2-7H3/b15-11-,17-13?. The number of hydrogen-bond donors (Lipinski definition) is 0. The van der Waals surface area contributed by atoms with Crippen LogP contribution in [-0.4, -0.2) is 29.5 Å². The van der Waals surface area contributed by atoms with Crippen molar-refractivity contribution in [1.29, 1.82) is 0 Å². The zero-order valence-corrected chi connectivity index (χ0v) is 13.6. The second-order valence-corrected chi connectivity index (χ2v) is 7.48. The largest absolute Gasteiger partial charge is 0.383 e. The number of rotatable bonds is 3. The van der Waals surface area contributed by atoms with Gasteiger partial charge >= 0.3 is 0 Å². The molecule has 0 heterocycles. The van der Waals surface area contributed by atoms with E-state index in [1.165, 1.54) is 0 Å². The van der Waals surface area contributed by atoms with E-state index in [9.17, 15) is 0 Å². The highest BCUT2D eigenvalue weighted by molar-refractivity contribution is 7.99. The Balaban J connectivity index is 3.13. The molecule has 1 rings (SSSR count). The molecule has 0 bridgehead atoms. The summed E-state index contributed by atoms with van der Waals surface area (Å²) in [7, 11) is 4.03. The fourth-order valence-corrected chi connectivity index (χ4v) is 1.99. The zero-order valence-electron chi connectivity index (χ0n) is 12.8. The van der Waals surface area contributed by atoms with Crippen molar-refractivity contribution < 1.29 is 0 Å². The Morgan fingerprint density at radius 2 is 1.95 bits per heavy atom. The van der Waals surface area contributed by atoms with Crippen LogP contribution in [0.2, 0.25) is 0 Å². The quantitative estimate of drug-likeness (QED) is 0.623. The average Bonchev–Trinajstić information content (AvgIpc) is 2.27. The minimum absolute atomic E-state index is 0.145. The molecule has 0 aliphatic rings. The van der Waals surface area contributed by atoms with Crippen molar-refractivity contribution in [3.8, 4) is 0 Å². The lowest BCUT2D eigenvalue weighted by Gasteiger charge is -2.13. The summed E-state index contributed by atoms with van der Waals surface area (Å²) in [6.07, 6.45) is 2.08. The topological polar surface area (TPSA) is 15.6 Å². The van der Waals surface area contributed by atoms with Crippen LogP contribution >= 0.6 is 11.9 Å². The van der Waals surface area contributed by atoms with Gasteiger partial charge in [-0.2, -0.15) is 0 Å². The Labute approximate surface area is 121 Å². The molecule has 0 aromatic heterocycles. The van der Waals surface area contributed by atoms with Gasteiger partial charge in [0, 0.05) is 25.0 Å². The van der Waals surface area contributed by atoms with Crippen LogP contribution in [0.3, 0.4) is 0 Å². The second kappa shape index (κ2) is 6.29. The van der Waals surface area contributed by atoms with Crippen LogP contribution in [0.25, 0.3) is 12.8 Å². The van der Waals surface area contributed by atoms with Gasteiger partial charge in [-0.05, 0) is 61.7 Å². The summed E-state index contributed by atoms with van der Waals surface area (Å²) in [6, 6.07) is 6.27. The lowest BCUT2D eigenvalue weighted by Crippen LogP contribution is -2.26. The molecule has 0 saturated carbocycles. The SMILES string of the molecule is C=c1ccc(C(C)=NSC(C)(C)C)c/c1=C/N(C)C. The highest BCUT2D eigenvalue weighted by atomic mass is 32.2. The Bertz CT molecular complexity index is 565. The minimum atomic E-state index is 0.145. The number of nitrogens with zero attached hydrogens (tertiary/aromatic N) is 2. The maximum Gasteiger partial charge on any atom is 0.0528 e. The average molecular weight is 276 g/mol. The lowest BCUT2D eigenvalue weighted by molar-refractivity contribution is 0.614. The van der Waals surface area contributed by atoms with Gasteiger partial charge in [0.15, 0.2) is 0 Å². The molecule has 2 nitrogen and oxygen atoms in total. The van der Waals surface area contributed by atoms with Crippen LogP contribution in [0, 0.1) is 0 Å². The summed E-state index contributed by atoms with van der Waals surface area (Å²) in [4.78, 5) is 2.03. The second-order valence-electron chi connectivity index (χ2n) is 5.89. The summed E-state index contributed by atoms with van der Waals surface area (Å²) >= 11 is 1.61. The van der Waals surface area contributed by atoms with Crippen molar-refractivity contribution in [2.45, 2.75) is 32.4 Å². The van der Waals surface area contributed by atoms with E-state index < -0.39 is 0 Å².